The Morgan fingerprint density at radius 1 is 0.853 bits per heavy atom. The van der Waals surface area contributed by atoms with E-state index in [4.69, 9.17) is 5.10 Å². The highest BCUT2D eigenvalue weighted by Crippen LogP contribution is 2.37. The summed E-state index contributed by atoms with van der Waals surface area (Å²) in [5.74, 6) is 0. The predicted octanol–water partition coefficient (Wildman–Crippen LogP) is 7.63. The van der Waals surface area contributed by atoms with Crippen LogP contribution in [0.25, 0.3) is 38.8 Å². The van der Waals surface area contributed by atoms with E-state index in [0.717, 1.165) is 5.69 Å². The van der Waals surface area contributed by atoms with Crippen molar-refractivity contribution in [2.24, 2.45) is 0 Å². The summed E-state index contributed by atoms with van der Waals surface area (Å²) in [5.41, 5.74) is 9.68. The molecule has 0 radical (unpaired) electrons. The van der Waals surface area contributed by atoms with Crippen LogP contribution in [-0.4, -0.2) is 9.78 Å². The van der Waals surface area contributed by atoms with E-state index in [0.29, 0.717) is 6.04 Å². The van der Waals surface area contributed by atoms with Crippen LogP contribution in [0.15, 0.2) is 72.8 Å². The minimum atomic E-state index is 0.00661. The molecule has 3 aromatic carbocycles. The fourth-order valence-electron chi connectivity index (χ4n) is 4.92. The summed E-state index contributed by atoms with van der Waals surface area (Å²) in [6.07, 6.45) is 0. The molecule has 2 aromatic heterocycles. The first-order valence-electron chi connectivity index (χ1n) is 12.2. The van der Waals surface area contributed by atoms with E-state index in [1.165, 1.54) is 49.9 Å². The molecule has 0 spiro atoms. The summed E-state index contributed by atoms with van der Waals surface area (Å²) in [5, 5.41) is 7.62. The molecule has 5 aromatic rings. The van der Waals surface area contributed by atoms with Gasteiger partial charge in [0.1, 0.15) is 5.69 Å². The Morgan fingerprint density at radius 2 is 1.56 bits per heavy atom. The predicted molar refractivity (Wildman–Crippen MR) is 143 cm³/mol. The molecule has 0 bridgehead atoms. The van der Waals surface area contributed by atoms with Crippen LogP contribution in [0.5, 0.6) is 0 Å². The van der Waals surface area contributed by atoms with E-state index in [1.807, 2.05) is 0 Å². The lowest BCUT2D eigenvalue weighted by atomic mass is 9.83. The zero-order chi connectivity index (χ0) is 24.2. The van der Waals surface area contributed by atoms with Gasteiger partial charge < -0.3 is 0 Å². The lowest BCUT2D eigenvalue weighted by Crippen LogP contribution is -2.36. The first kappa shape index (κ1) is 22.3. The lowest BCUT2D eigenvalue weighted by molar-refractivity contribution is -0.574. The SMILES string of the molecule is Cc1c(-c2nn(C(C)C)c3ccccc23)cc(C(C)(C)C)cc1-[n+]1c(C)ccc2ccccc21. The molecule has 0 saturated heterocycles. The highest BCUT2D eigenvalue weighted by molar-refractivity contribution is 5.94. The second-order valence-electron chi connectivity index (χ2n) is 10.7. The van der Waals surface area contributed by atoms with Gasteiger partial charge in [-0.05, 0) is 56.0 Å². The summed E-state index contributed by atoms with van der Waals surface area (Å²) < 4.78 is 4.56. The number of nitrogens with zero attached hydrogens (tertiary/aromatic N) is 3. The third-order valence-corrected chi connectivity index (χ3v) is 6.88. The molecule has 3 heteroatoms. The quantitative estimate of drug-likeness (QED) is 0.260. The molecule has 0 amide bonds. The molecule has 0 N–H and O–H groups in total. The number of pyridine rings is 1. The summed E-state index contributed by atoms with van der Waals surface area (Å²) in [7, 11) is 0. The Bertz CT molecular complexity index is 1530. The summed E-state index contributed by atoms with van der Waals surface area (Å²) >= 11 is 0. The number of hydrogen-bond acceptors (Lipinski definition) is 1. The average Bonchev–Trinajstić information content (AvgIpc) is 3.19. The topological polar surface area (TPSA) is 21.7 Å². The third-order valence-electron chi connectivity index (χ3n) is 6.88. The van der Waals surface area contributed by atoms with Gasteiger partial charge in [-0.3, -0.25) is 4.68 Å². The molecule has 0 aliphatic heterocycles. The minimum absolute atomic E-state index is 0.00661. The maximum absolute atomic E-state index is 5.17. The van der Waals surface area contributed by atoms with Crippen molar-refractivity contribution in [3.05, 3.63) is 89.6 Å². The van der Waals surface area contributed by atoms with E-state index in [-0.39, 0.29) is 5.41 Å². The van der Waals surface area contributed by atoms with Gasteiger partial charge in [-0.1, -0.05) is 51.1 Å². The van der Waals surface area contributed by atoms with Crippen LogP contribution >= 0.6 is 0 Å². The van der Waals surface area contributed by atoms with Crippen LogP contribution in [0.2, 0.25) is 0 Å². The second-order valence-corrected chi connectivity index (χ2v) is 10.7. The maximum atomic E-state index is 5.17. The van der Waals surface area contributed by atoms with Crippen molar-refractivity contribution in [1.82, 2.24) is 9.78 Å². The van der Waals surface area contributed by atoms with Gasteiger partial charge >= 0.3 is 0 Å². The average molecular weight is 449 g/mol. The Hall–Kier alpha value is -3.46. The third kappa shape index (κ3) is 3.60. The fourth-order valence-corrected chi connectivity index (χ4v) is 4.92. The zero-order valence-electron chi connectivity index (χ0n) is 21.3. The Labute approximate surface area is 202 Å². The molecule has 5 rings (SSSR count). The highest BCUT2D eigenvalue weighted by Gasteiger charge is 2.27. The number of para-hydroxylation sites is 2. The van der Waals surface area contributed by atoms with Crippen molar-refractivity contribution in [1.29, 1.82) is 0 Å². The van der Waals surface area contributed by atoms with Gasteiger partial charge in [-0.25, -0.2) is 0 Å². The molecule has 3 nitrogen and oxygen atoms in total. The van der Waals surface area contributed by atoms with Crippen molar-refractivity contribution in [2.45, 2.75) is 59.9 Å². The number of hydrogen-bond donors (Lipinski definition) is 0. The van der Waals surface area contributed by atoms with Gasteiger partial charge in [0.25, 0.3) is 0 Å². The van der Waals surface area contributed by atoms with Gasteiger partial charge in [0.2, 0.25) is 11.2 Å². The second kappa shape index (κ2) is 8.09. The molecule has 0 aliphatic rings. The largest absolute Gasteiger partial charge is 0.262 e. The zero-order valence-corrected chi connectivity index (χ0v) is 21.3. The van der Waals surface area contributed by atoms with E-state index < -0.39 is 0 Å². The summed E-state index contributed by atoms with van der Waals surface area (Å²) in [4.78, 5) is 0. The van der Waals surface area contributed by atoms with Crippen LogP contribution < -0.4 is 4.57 Å². The Balaban J connectivity index is 1.89. The van der Waals surface area contributed by atoms with Crippen molar-refractivity contribution in [3.8, 4) is 16.9 Å². The van der Waals surface area contributed by atoms with Gasteiger partial charge in [-0.2, -0.15) is 9.67 Å². The minimum Gasteiger partial charge on any atom is -0.262 e. The molecule has 0 aliphatic carbocycles. The summed E-state index contributed by atoms with van der Waals surface area (Å²) in [6, 6.07) is 26.7. The molecule has 172 valence electrons. The van der Waals surface area contributed by atoms with Crippen LogP contribution in [0.4, 0.5) is 0 Å². The smallest absolute Gasteiger partial charge is 0.218 e. The number of benzene rings is 3. The van der Waals surface area contributed by atoms with Crippen LogP contribution in [0.3, 0.4) is 0 Å². The van der Waals surface area contributed by atoms with Gasteiger partial charge in [0, 0.05) is 53.1 Å². The number of fused-ring (bicyclic) bond motifs is 2. The molecule has 0 saturated carbocycles. The van der Waals surface area contributed by atoms with Gasteiger partial charge in [0.05, 0.1) is 5.52 Å². The lowest BCUT2D eigenvalue weighted by Gasteiger charge is -2.21. The van der Waals surface area contributed by atoms with E-state index >= 15 is 0 Å². The summed E-state index contributed by atoms with van der Waals surface area (Å²) in [6.45, 7) is 15.7. The van der Waals surface area contributed by atoms with Crippen LogP contribution in [-0.2, 0) is 5.41 Å². The number of aromatic nitrogens is 3. The van der Waals surface area contributed by atoms with Crippen molar-refractivity contribution >= 4 is 21.8 Å². The van der Waals surface area contributed by atoms with Gasteiger partial charge in [0.15, 0.2) is 5.69 Å². The van der Waals surface area contributed by atoms with E-state index in [9.17, 15) is 0 Å². The van der Waals surface area contributed by atoms with Gasteiger partial charge in [-0.15, -0.1) is 0 Å². The molecule has 0 unspecified atom stereocenters. The van der Waals surface area contributed by atoms with E-state index in [2.05, 4.69) is 131 Å². The number of rotatable bonds is 3. The molecule has 0 fully saturated rings. The molecule has 0 atom stereocenters. The monoisotopic (exact) mass is 448 g/mol. The first-order chi connectivity index (χ1) is 16.2. The Morgan fingerprint density at radius 3 is 2.29 bits per heavy atom. The van der Waals surface area contributed by atoms with Crippen molar-refractivity contribution in [3.63, 3.8) is 0 Å². The highest BCUT2D eigenvalue weighted by atomic mass is 15.3. The van der Waals surface area contributed by atoms with Crippen LogP contribution in [0, 0.1) is 13.8 Å². The van der Waals surface area contributed by atoms with Crippen LogP contribution in [0.1, 0.15) is 57.5 Å². The van der Waals surface area contributed by atoms with Crippen molar-refractivity contribution < 1.29 is 4.57 Å². The molecular weight excluding hydrogens is 414 g/mol. The number of aryl methyl sites for hydroxylation is 1. The first-order valence-corrected chi connectivity index (χ1v) is 12.2. The normalized spacial score (nSPS) is 12.2. The molecular formula is C31H34N3+. The molecule has 34 heavy (non-hydrogen) atoms. The standard InChI is InChI=1S/C31H34N3/c1-20(2)34-28-15-11-9-13-25(28)30(32-34)26-18-24(31(5,6)7)19-29(22(26)4)33-21(3)16-17-23-12-8-10-14-27(23)33/h8-20H,1-7H3/q+1. The molecule has 2 heterocycles. The fraction of sp³-hybridized carbons (Fsp3) is 0.290. The maximum Gasteiger partial charge on any atom is 0.218 e. The van der Waals surface area contributed by atoms with E-state index in [1.54, 1.807) is 0 Å². The Kier molecular flexibility index (Phi) is 5.31. The van der Waals surface area contributed by atoms with Crippen molar-refractivity contribution in [2.75, 3.05) is 0 Å².